The van der Waals surface area contributed by atoms with Gasteiger partial charge in [-0.15, -0.1) is 11.3 Å². The van der Waals surface area contributed by atoms with Crippen LogP contribution < -0.4 is 5.73 Å². The molecule has 1 aromatic rings. The summed E-state index contributed by atoms with van der Waals surface area (Å²) >= 11 is 1.83. The number of thiophene rings is 1. The topological polar surface area (TPSA) is 29.3 Å². The molecule has 0 saturated carbocycles. The normalized spacial score (nSPS) is 13.4. The molecule has 0 bridgehead atoms. The predicted octanol–water partition coefficient (Wildman–Crippen LogP) is 2.48. The lowest BCUT2D eigenvalue weighted by molar-refractivity contribution is 0.213. The van der Waals surface area contributed by atoms with E-state index in [0.717, 1.165) is 26.1 Å². The van der Waals surface area contributed by atoms with Crippen LogP contribution in [0.1, 0.15) is 31.2 Å². The number of rotatable bonds is 6. The van der Waals surface area contributed by atoms with Gasteiger partial charge < -0.3 is 5.73 Å². The summed E-state index contributed by atoms with van der Waals surface area (Å²) in [6.07, 6.45) is 1.06. The summed E-state index contributed by atoms with van der Waals surface area (Å²) in [5, 5.41) is 2.14. The third kappa shape index (κ3) is 2.80. The van der Waals surface area contributed by atoms with Crippen LogP contribution in [0.4, 0.5) is 0 Å². The quantitative estimate of drug-likeness (QED) is 0.785. The average Bonchev–Trinajstić information content (AvgIpc) is 2.71. The molecule has 1 atom stereocenters. The Morgan fingerprint density at radius 1 is 1.43 bits per heavy atom. The van der Waals surface area contributed by atoms with Gasteiger partial charge in [0.25, 0.3) is 0 Å². The summed E-state index contributed by atoms with van der Waals surface area (Å²) < 4.78 is 0. The molecule has 1 unspecified atom stereocenters. The maximum absolute atomic E-state index is 5.66. The van der Waals surface area contributed by atoms with E-state index < -0.39 is 0 Å². The number of hydrogen-bond donors (Lipinski definition) is 1. The highest BCUT2D eigenvalue weighted by Crippen LogP contribution is 2.27. The summed E-state index contributed by atoms with van der Waals surface area (Å²) in [4.78, 5) is 3.91. The Labute approximate surface area is 90.7 Å². The highest BCUT2D eigenvalue weighted by molar-refractivity contribution is 7.10. The van der Waals surface area contributed by atoms with E-state index in [9.17, 15) is 0 Å². The average molecular weight is 212 g/mol. The second kappa shape index (κ2) is 6.17. The number of nitrogens with zero attached hydrogens (tertiary/aromatic N) is 1. The van der Waals surface area contributed by atoms with Crippen LogP contribution in [0.3, 0.4) is 0 Å². The van der Waals surface area contributed by atoms with Crippen molar-refractivity contribution in [2.75, 3.05) is 19.6 Å². The molecule has 0 aromatic carbocycles. The first-order valence-corrected chi connectivity index (χ1v) is 6.18. The van der Waals surface area contributed by atoms with Gasteiger partial charge in [0.1, 0.15) is 0 Å². The molecule has 14 heavy (non-hydrogen) atoms. The monoisotopic (exact) mass is 212 g/mol. The third-order valence-corrected chi connectivity index (χ3v) is 3.54. The van der Waals surface area contributed by atoms with Crippen LogP contribution in [0.2, 0.25) is 0 Å². The van der Waals surface area contributed by atoms with Gasteiger partial charge in [-0.1, -0.05) is 19.9 Å². The fourth-order valence-corrected chi connectivity index (χ4v) is 2.70. The summed E-state index contributed by atoms with van der Waals surface area (Å²) in [5.41, 5.74) is 5.66. The lowest BCUT2D eigenvalue weighted by atomic mass is 10.1. The highest BCUT2D eigenvalue weighted by Gasteiger charge is 2.17. The molecule has 0 spiro atoms. The molecule has 2 N–H and O–H groups in total. The van der Waals surface area contributed by atoms with Gasteiger partial charge in [0.15, 0.2) is 0 Å². The zero-order valence-corrected chi connectivity index (χ0v) is 9.89. The molecule has 0 aliphatic rings. The fourth-order valence-electron chi connectivity index (χ4n) is 1.81. The van der Waals surface area contributed by atoms with E-state index in [2.05, 4.69) is 36.3 Å². The van der Waals surface area contributed by atoms with Gasteiger partial charge in [-0.2, -0.15) is 0 Å². The van der Waals surface area contributed by atoms with Gasteiger partial charge in [0.05, 0.1) is 0 Å². The van der Waals surface area contributed by atoms with Crippen molar-refractivity contribution in [3.8, 4) is 0 Å². The summed E-state index contributed by atoms with van der Waals surface area (Å²) in [5.74, 6) is 0. The second-order valence-electron chi connectivity index (χ2n) is 3.33. The zero-order valence-electron chi connectivity index (χ0n) is 9.07. The van der Waals surface area contributed by atoms with Crippen LogP contribution in [0.25, 0.3) is 0 Å². The minimum atomic E-state index is 0.523. The maximum Gasteiger partial charge on any atom is 0.0453 e. The van der Waals surface area contributed by atoms with Crippen molar-refractivity contribution in [3.05, 3.63) is 22.4 Å². The molecule has 0 saturated heterocycles. The van der Waals surface area contributed by atoms with E-state index in [1.165, 1.54) is 4.88 Å². The van der Waals surface area contributed by atoms with Crippen LogP contribution in [0.5, 0.6) is 0 Å². The molecule has 1 aromatic heterocycles. The molecule has 0 aliphatic heterocycles. The minimum Gasteiger partial charge on any atom is -0.330 e. The molecule has 0 fully saturated rings. The first-order chi connectivity index (χ1) is 6.83. The Morgan fingerprint density at radius 3 is 2.57 bits per heavy atom. The summed E-state index contributed by atoms with van der Waals surface area (Å²) in [7, 11) is 0. The van der Waals surface area contributed by atoms with Gasteiger partial charge in [0.2, 0.25) is 0 Å². The molecular weight excluding hydrogens is 192 g/mol. The van der Waals surface area contributed by atoms with E-state index in [0.29, 0.717) is 6.04 Å². The van der Waals surface area contributed by atoms with E-state index in [1.54, 1.807) is 0 Å². The second-order valence-corrected chi connectivity index (χ2v) is 4.31. The number of hydrogen-bond acceptors (Lipinski definition) is 3. The first kappa shape index (κ1) is 11.7. The van der Waals surface area contributed by atoms with Crippen molar-refractivity contribution in [2.24, 2.45) is 5.73 Å². The van der Waals surface area contributed by atoms with Crippen molar-refractivity contribution in [1.82, 2.24) is 4.90 Å². The predicted molar refractivity (Wildman–Crippen MR) is 63.7 cm³/mol. The van der Waals surface area contributed by atoms with Crippen LogP contribution >= 0.6 is 11.3 Å². The van der Waals surface area contributed by atoms with Crippen molar-refractivity contribution in [3.63, 3.8) is 0 Å². The van der Waals surface area contributed by atoms with E-state index in [4.69, 9.17) is 5.73 Å². The Balaban J connectivity index is 2.72. The molecule has 0 aliphatic carbocycles. The van der Waals surface area contributed by atoms with E-state index in [-0.39, 0.29) is 0 Å². The van der Waals surface area contributed by atoms with E-state index in [1.807, 2.05) is 11.3 Å². The van der Waals surface area contributed by atoms with Gasteiger partial charge in [-0.3, -0.25) is 4.90 Å². The van der Waals surface area contributed by atoms with Crippen molar-refractivity contribution >= 4 is 11.3 Å². The molecule has 0 radical (unpaired) electrons. The van der Waals surface area contributed by atoms with Crippen LogP contribution in [-0.4, -0.2) is 24.5 Å². The standard InChI is InChI=1S/C11H20N2S/c1-3-13(4-2)10(7-8-12)11-6-5-9-14-11/h5-6,9-10H,3-4,7-8,12H2,1-2H3. The molecular formula is C11H20N2S. The maximum atomic E-state index is 5.66. The SMILES string of the molecule is CCN(CC)C(CCN)c1cccs1. The molecule has 1 rings (SSSR count). The molecule has 1 heterocycles. The summed E-state index contributed by atoms with van der Waals surface area (Å²) in [6.45, 7) is 7.37. The largest absolute Gasteiger partial charge is 0.330 e. The first-order valence-electron chi connectivity index (χ1n) is 5.31. The molecule has 80 valence electrons. The number of nitrogens with two attached hydrogens (primary N) is 1. The van der Waals surface area contributed by atoms with Gasteiger partial charge in [0, 0.05) is 10.9 Å². The Hall–Kier alpha value is -0.380. The van der Waals surface area contributed by atoms with Crippen molar-refractivity contribution in [2.45, 2.75) is 26.3 Å². The van der Waals surface area contributed by atoms with Gasteiger partial charge in [-0.05, 0) is 37.5 Å². The lowest BCUT2D eigenvalue weighted by Crippen LogP contribution is -2.29. The fraction of sp³-hybridized carbons (Fsp3) is 0.636. The Kier molecular flexibility index (Phi) is 5.15. The minimum absolute atomic E-state index is 0.523. The molecule has 0 amide bonds. The molecule has 2 nitrogen and oxygen atoms in total. The van der Waals surface area contributed by atoms with Crippen LogP contribution in [-0.2, 0) is 0 Å². The molecule has 3 heteroatoms. The van der Waals surface area contributed by atoms with Crippen molar-refractivity contribution in [1.29, 1.82) is 0 Å². The van der Waals surface area contributed by atoms with Crippen LogP contribution in [0.15, 0.2) is 17.5 Å². The smallest absolute Gasteiger partial charge is 0.0453 e. The third-order valence-electron chi connectivity index (χ3n) is 2.56. The Morgan fingerprint density at radius 2 is 2.14 bits per heavy atom. The summed E-state index contributed by atoms with van der Waals surface area (Å²) in [6, 6.07) is 4.85. The van der Waals surface area contributed by atoms with E-state index >= 15 is 0 Å². The van der Waals surface area contributed by atoms with Gasteiger partial charge >= 0.3 is 0 Å². The van der Waals surface area contributed by atoms with Crippen molar-refractivity contribution < 1.29 is 0 Å². The van der Waals surface area contributed by atoms with Crippen LogP contribution in [0, 0.1) is 0 Å². The Bertz CT molecular complexity index is 229. The van der Waals surface area contributed by atoms with Gasteiger partial charge in [-0.25, -0.2) is 0 Å². The lowest BCUT2D eigenvalue weighted by Gasteiger charge is -2.28. The zero-order chi connectivity index (χ0) is 10.4. The highest BCUT2D eigenvalue weighted by atomic mass is 32.1.